The Labute approximate surface area is 167 Å². The molecule has 0 bridgehead atoms. The Balaban J connectivity index is 0.00000210. The number of benzene rings is 1. The van der Waals surface area contributed by atoms with E-state index in [0.717, 1.165) is 17.2 Å². The summed E-state index contributed by atoms with van der Waals surface area (Å²) < 4.78 is 1.82. The summed E-state index contributed by atoms with van der Waals surface area (Å²) in [5.41, 5.74) is 3.46. The summed E-state index contributed by atoms with van der Waals surface area (Å²) in [7, 11) is 0. The lowest BCUT2D eigenvalue weighted by molar-refractivity contribution is 0.651. The fraction of sp³-hybridized carbons (Fsp3) is 0.167. The highest BCUT2D eigenvalue weighted by atomic mass is 35.5. The first kappa shape index (κ1) is 19.1. The fourth-order valence-corrected chi connectivity index (χ4v) is 3.36. The number of halogens is 1. The van der Waals surface area contributed by atoms with E-state index >= 15 is 0 Å². The number of rotatable bonds is 7. The summed E-state index contributed by atoms with van der Waals surface area (Å²) in [6, 6.07) is 10.1. The van der Waals surface area contributed by atoms with Gasteiger partial charge in [-0.1, -0.05) is 24.3 Å². The summed E-state index contributed by atoms with van der Waals surface area (Å²) in [6.45, 7) is 2.17. The first-order chi connectivity index (χ1) is 12.9. The maximum Gasteiger partial charge on any atom is 0.188 e. The molecule has 9 heteroatoms. The monoisotopic (exact) mass is 399 g/mol. The zero-order valence-corrected chi connectivity index (χ0v) is 16.0. The average Bonchev–Trinajstić information content (AvgIpc) is 3.36. The van der Waals surface area contributed by atoms with E-state index in [2.05, 4.69) is 48.6 Å². The first-order valence-corrected chi connectivity index (χ1v) is 9.08. The minimum Gasteiger partial charge on any atom is -0.307 e. The second kappa shape index (κ2) is 9.31. The zero-order chi connectivity index (χ0) is 17.6. The Bertz CT molecular complexity index is 957. The lowest BCUT2D eigenvalue weighted by Gasteiger charge is -2.10. The molecule has 0 spiro atoms. The van der Waals surface area contributed by atoms with E-state index in [-0.39, 0.29) is 12.4 Å². The third kappa shape index (κ3) is 4.94. The molecule has 4 rings (SSSR count). The number of hydrogen-bond donors (Lipinski definition) is 1. The van der Waals surface area contributed by atoms with Gasteiger partial charge in [-0.3, -0.25) is 0 Å². The SMILES string of the molecule is Cl.c1cnc(-c2nc(CNCc3ccccc3Cn3cncn3)cs2)nc1. The van der Waals surface area contributed by atoms with Gasteiger partial charge in [0.15, 0.2) is 10.8 Å². The quantitative estimate of drug-likeness (QED) is 0.514. The van der Waals surface area contributed by atoms with Crippen LogP contribution < -0.4 is 5.32 Å². The summed E-state index contributed by atoms with van der Waals surface area (Å²) in [5, 5.41) is 10.5. The van der Waals surface area contributed by atoms with Crippen molar-refractivity contribution >= 4 is 23.7 Å². The minimum atomic E-state index is 0. The van der Waals surface area contributed by atoms with Crippen molar-refractivity contribution in [2.45, 2.75) is 19.6 Å². The molecule has 0 aliphatic heterocycles. The van der Waals surface area contributed by atoms with Gasteiger partial charge in [0, 0.05) is 30.9 Å². The van der Waals surface area contributed by atoms with Crippen LogP contribution in [0.15, 0.2) is 60.8 Å². The average molecular weight is 400 g/mol. The molecule has 0 atom stereocenters. The van der Waals surface area contributed by atoms with Crippen LogP contribution >= 0.6 is 23.7 Å². The van der Waals surface area contributed by atoms with Gasteiger partial charge in [0.1, 0.15) is 12.7 Å². The van der Waals surface area contributed by atoms with Crippen LogP contribution in [-0.4, -0.2) is 29.7 Å². The molecule has 4 aromatic rings. The summed E-state index contributed by atoms with van der Waals surface area (Å²) in [5.74, 6) is 0.668. The van der Waals surface area contributed by atoms with Crippen molar-refractivity contribution in [3.8, 4) is 10.8 Å². The Kier molecular flexibility index (Phi) is 6.59. The number of aromatic nitrogens is 6. The van der Waals surface area contributed by atoms with Gasteiger partial charge in [0.05, 0.1) is 12.2 Å². The predicted octanol–water partition coefficient (Wildman–Crippen LogP) is 2.95. The van der Waals surface area contributed by atoms with Gasteiger partial charge in [0.2, 0.25) is 0 Å². The molecule has 0 saturated heterocycles. The molecule has 0 unspecified atom stereocenters. The molecule has 0 radical (unpaired) electrons. The van der Waals surface area contributed by atoms with Crippen LogP contribution in [0.1, 0.15) is 16.8 Å². The standard InChI is InChI=1S/C18H17N7S.ClH/c1-2-5-15(10-25-13-20-12-23-25)14(4-1)8-19-9-16-11-26-18(24-16)17-21-6-3-7-22-17;/h1-7,11-13,19H,8-10H2;1H. The molecule has 1 aromatic carbocycles. The first-order valence-electron chi connectivity index (χ1n) is 8.20. The van der Waals surface area contributed by atoms with Crippen LogP contribution in [0, 0.1) is 0 Å². The van der Waals surface area contributed by atoms with Crippen LogP contribution in [0.5, 0.6) is 0 Å². The van der Waals surface area contributed by atoms with Crippen LogP contribution in [0.2, 0.25) is 0 Å². The lowest BCUT2D eigenvalue weighted by atomic mass is 10.1. The molecule has 0 saturated carbocycles. The summed E-state index contributed by atoms with van der Waals surface area (Å²) >= 11 is 1.56. The van der Waals surface area contributed by atoms with E-state index in [0.29, 0.717) is 18.9 Å². The largest absolute Gasteiger partial charge is 0.307 e. The molecule has 0 amide bonds. The molecular formula is C18H18ClN7S. The van der Waals surface area contributed by atoms with E-state index in [1.54, 1.807) is 42.5 Å². The van der Waals surface area contributed by atoms with Gasteiger partial charge in [-0.15, -0.1) is 23.7 Å². The topological polar surface area (TPSA) is 81.4 Å². The third-order valence-corrected chi connectivity index (χ3v) is 4.73. The normalized spacial score (nSPS) is 10.5. The van der Waals surface area contributed by atoms with Crippen molar-refractivity contribution in [2.24, 2.45) is 0 Å². The molecular weight excluding hydrogens is 382 g/mol. The second-order valence-electron chi connectivity index (χ2n) is 5.68. The van der Waals surface area contributed by atoms with Crippen molar-refractivity contribution in [3.05, 3.63) is 77.6 Å². The molecule has 27 heavy (non-hydrogen) atoms. The van der Waals surface area contributed by atoms with Crippen molar-refractivity contribution < 1.29 is 0 Å². The van der Waals surface area contributed by atoms with Gasteiger partial charge < -0.3 is 5.32 Å². The Morgan fingerprint density at radius 1 is 1.00 bits per heavy atom. The number of hydrogen-bond acceptors (Lipinski definition) is 7. The Hall–Kier alpha value is -2.68. The van der Waals surface area contributed by atoms with E-state index in [4.69, 9.17) is 0 Å². The molecule has 7 nitrogen and oxygen atoms in total. The third-order valence-electron chi connectivity index (χ3n) is 3.85. The van der Waals surface area contributed by atoms with Crippen LogP contribution in [-0.2, 0) is 19.6 Å². The van der Waals surface area contributed by atoms with Gasteiger partial charge in [-0.05, 0) is 17.2 Å². The zero-order valence-electron chi connectivity index (χ0n) is 14.4. The van der Waals surface area contributed by atoms with E-state index in [9.17, 15) is 0 Å². The molecule has 0 fully saturated rings. The van der Waals surface area contributed by atoms with Crippen LogP contribution in [0.25, 0.3) is 10.8 Å². The van der Waals surface area contributed by atoms with E-state index < -0.39 is 0 Å². The van der Waals surface area contributed by atoms with Gasteiger partial charge in [-0.2, -0.15) is 5.10 Å². The lowest BCUT2D eigenvalue weighted by Crippen LogP contribution is -2.15. The highest BCUT2D eigenvalue weighted by Gasteiger charge is 2.07. The Morgan fingerprint density at radius 3 is 2.59 bits per heavy atom. The molecule has 3 aromatic heterocycles. The smallest absolute Gasteiger partial charge is 0.188 e. The van der Waals surface area contributed by atoms with Crippen molar-refractivity contribution in [3.63, 3.8) is 0 Å². The predicted molar refractivity (Wildman–Crippen MR) is 106 cm³/mol. The van der Waals surface area contributed by atoms with E-state index in [1.807, 2.05) is 16.1 Å². The Morgan fingerprint density at radius 2 is 1.81 bits per heavy atom. The van der Waals surface area contributed by atoms with Crippen LogP contribution in [0.4, 0.5) is 0 Å². The summed E-state index contributed by atoms with van der Waals surface area (Å²) in [4.78, 5) is 17.1. The maximum absolute atomic E-state index is 4.60. The fourth-order valence-electron chi connectivity index (χ4n) is 2.60. The van der Waals surface area contributed by atoms with Gasteiger partial charge in [0.25, 0.3) is 0 Å². The highest BCUT2D eigenvalue weighted by molar-refractivity contribution is 7.13. The molecule has 138 valence electrons. The van der Waals surface area contributed by atoms with Crippen molar-refractivity contribution in [1.82, 2.24) is 35.0 Å². The number of thiazole rings is 1. The highest BCUT2D eigenvalue weighted by Crippen LogP contribution is 2.19. The van der Waals surface area contributed by atoms with Crippen LogP contribution in [0.3, 0.4) is 0 Å². The van der Waals surface area contributed by atoms with E-state index in [1.165, 1.54) is 11.1 Å². The number of nitrogens with zero attached hydrogens (tertiary/aromatic N) is 6. The summed E-state index contributed by atoms with van der Waals surface area (Å²) in [6.07, 6.45) is 6.74. The van der Waals surface area contributed by atoms with Gasteiger partial charge >= 0.3 is 0 Å². The van der Waals surface area contributed by atoms with Crippen molar-refractivity contribution in [2.75, 3.05) is 0 Å². The molecule has 3 heterocycles. The molecule has 0 aliphatic rings. The minimum absolute atomic E-state index is 0. The maximum atomic E-state index is 4.60. The molecule has 1 N–H and O–H groups in total. The number of nitrogens with one attached hydrogen (secondary N) is 1. The van der Waals surface area contributed by atoms with Crippen molar-refractivity contribution in [1.29, 1.82) is 0 Å². The molecule has 0 aliphatic carbocycles. The second-order valence-corrected chi connectivity index (χ2v) is 6.54. The van der Waals surface area contributed by atoms with Gasteiger partial charge in [-0.25, -0.2) is 24.6 Å².